The maximum Gasteiger partial charge on any atom is 0.251 e. The van der Waals surface area contributed by atoms with E-state index in [2.05, 4.69) is 17.5 Å². The minimum absolute atomic E-state index is 0.0745. The Hall–Kier alpha value is -1.82. The number of nitrogens with two attached hydrogens (primary N) is 1. The Morgan fingerprint density at radius 3 is 2.82 bits per heavy atom. The molecule has 6 heteroatoms. The number of phenolic OH excluding ortho intramolecular Hbond substituents is 1. The van der Waals surface area contributed by atoms with Gasteiger partial charge in [-0.1, -0.05) is 12.2 Å². The monoisotopic (exact) mass is 254 g/mol. The van der Waals surface area contributed by atoms with Crippen molar-refractivity contribution in [3.8, 4) is 11.5 Å². The zero-order valence-corrected chi connectivity index (χ0v) is 10.2. The SMILES string of the molecule is COc1ccc(C(=O)NCCC(N)=S)cc1O. The molecule has 17 heavy (non-hydrogen) atoms. The fraction of sp³-hybridized carbons (Fsp3) is 0.273. The largest absolute Gasteiger partial charge is 0.504 e. The third-order valence-electron chi connectivity index (χ3n) is 2.10. The van der Waals surface area contributed by atoms with Crippen LogP contribution in [0.5, 0.6) is 11.5 Å². The first-order valence-electron chi connectivity index (χ1n) is 4.98. The zero-order chi connectivity index (χ0) is 12.8. The maximum absolute atomic E-state index is 11.6. The van der Waals surface area contributed by atoms with E-state index in [1.54, 1.807) is 6.07 Å². The van der Waals surface area contributed by atoms with Crippen molar-refractivity contribution < 1.29 is 14.6 Å². The van der Waals surface area contributed by atoms with Gasteiger partial charge >= 0.3 is 0 Å². The van der Waals surface area contributed by atoms with Crippen molar-refractivity contribution in [3.63, 3.8) is 0 Å². The maximum atomic E-state index is 11.6. The molecular formula is C11H14N2O3S. The predicted molar refractivity (Wildman–Crippen MR) is 68.4 cm³/mol. The van der Waals surface area contributed by atoms with Crippen molar-refractivity contribution in [3.05, 3.63) is 23.8 Å². The molecule has 0 heterocycles. The van der Waals surface area contributed by atoms with Crippen LogP contribution in [0.3, 0.4) is 0 Å². The summed E-state index contributed by atoms with van der Waals surface area (Å²) in [4.78, 5) is 12.0. The van der Waals surface area contributed by atoms with Crippen LogP contribution in [0, 0.1) is 0 Å². The molecule has 0 aliphatic carbocycles. The lowest BCUT2D eigenvalue weighted by Gasteiger charge is -2.07. The molecule has 0 saturated carbocycles. The van der Waals surface area contributed by atoms with E-state index in [1.807, 2.05) is 0 Å². The molecule has 5 nitrogen and oxygen atoms in total. The minimum Gasteiger partial charge on any atom is -0.504 e. The Morgan fingerprint density at radius 2 is 2.29 bits per heavy atom. The lowest BCUT2D eigenvalue weighted by atomic mass is 10.2. The van der Waals surface area contributed by atoms with Crippen LogP contribution in [0.4, 0.5) is 0 Å². The molecular weight excluding hydrogens is 240 g/mol. The lowest BCUT2D eigenvalue weighted by molar-refractivity contribution is 0.0954. The van der Waals surface area contributed by atoms with Crippen molar-refractivity contribution in [2.45, 2.75) is 6.42 Å². The van der Waals surface area contributed by atoms with E-state index in [9.17, 15) is 9.90 Å². The van der Waals surface area contributed by atoms with Gasteiger partial charge in [-0.2, -0.15) is 0 Å². The summed E-state index contributed by atoms with van der Waals surface area (Å²) in [5.41, 5.74) is 5.66. The first kappa shape index (κ1) is 13.2. The van der Waals surface area contributed by atoms with Gasteiger partial charge in [-0.05, 0) is 18.2 Å². The molecule has 0 bridgehead atoms. The Kier molecular flexibility index (Phi) is 4.71. The lowest BCUT2D eigenvalue weighted by Crippen LogP contribution is -2.27. The molecule has 0 aliphatic rings. The molecule has 92 valence electrons. The number of benzene rings is 1. The number of amides is 1. The summed E-state index contributed by atoms with van der Waals surface area (Å²) in [6.45, 7) is 0.376. The van der Waals surface area contributed by atoms with E-state index in [-0.39, 0.29) is 11.7 Å². The number of carbonyl (C=O) groups is 1. The number of aromatic hydroxyl groups is 1. The highest BCUT2D eigenvalue weighted by molar-refractivity contribution is 7.80. The number of ether oxygens (including phenoxy) is 1. The van der Waals surface area contributed by atoms with Crippen molar-refractivity contribution >= 4 is 23.1 Å². The van der Waals surface area contributed by atoms with Crippen LogP contribution >= 0.6 is 12.2 Å². The highest BCUT2D eigenvalue weighted by Gasteiger charge is 2.08. The quantitative estimate of drug-likeness (QED) is 0.677. The molecule has 0 spiro atoms. The molecule has 0 radical (unpaired) electrons. The van der Waals surface area contributed by atoms with Crippen LogP contribution in [0.25, 0.3) is 0 Å². The number of carbonyl (C=O) groups excluding carboxylic acids is 1. The highest BCUT2D eigenvalue weighted by atomic mass is 32.1. The Labute approximate surface area is 105 Å². The van der Waals surface area contributed by atoms with Crippen molar-refractivity contribution in [1.82, 2.24) is 5.32 Å². The number of hydrogen-bond donors (Lipinski definition) is 3. The van der Waals surface area contributed by atoms with Gasteiger partial charge in [0.2, 0.25) is 0 Å². The fourth-order valence-electron chi connectivity index (χ4n) is 1.23. The molecule has 4 N–H and O–H groups in total. The average molecular weight is 254 g/mol. The van der Waals surface area contributed by atoms with Gasteiger partial charge in [0.1, 0.15) is 0 Å². The molecule has 0 atom stereocenters. The molecule has 0 fully saturated rings. The molecule has 0 unspecified atom stereocenters. The van der Waals surface area contributed by atoms with Crippen LogP contribution in [-0.2, 0) is 0 Å². The van der Waals surface area contributed by atoms with Gasteiger partial charge in [0.15, 0.2) is 11.5 Å². The zero-order valence-electron chi connectivity index (χ0n) is 9.40. The van der Waals surface area contributed by atoms with Gasteiger partial charge < -0.3 is 20.9 Å². The van der Waals surface area contributed by atoms with Gasteiger partial charge in [-0.15, -0.1) is 0 Å². The van der Waals surface area contributed by atoms with Crippen LogP contribution in [0.1, 0.15) is 16.8 Å². The van der Waals surface area contributed by atoms with Gasteiger partial charge in [0, 0.05) is 18.5 Å². The number of thiocarbonyl (C=S) groups is 1. The van der Waals surface area contributed by atoms with Gasteiger partial charge in [0.05, 0.1) is 12.1 Å². The van der Waals surface area contributed by atoms with Crippen LogP contribution in [-0.4, -0.2) is 29.7 Å². The van der Waals surface area contributed by atoms with E-state index in [4.69, 9.17) is 10.5 Å². The van der Waals surface area contributed by atoms with E-state index in [0.29, 0.717) is 29.3 Å². The van der Waals surface area contributed by atoms with Crippen molar-refractivity contribution in [1.29, 1.82) is 0 Å². The van der Waals surface area contributed by atoms with E-state index >= 15 is 0 Å². The number of rotatable bonds is 5. The predicted octanol–water partition coefficient (Wildman–Crippen LogP) is 0.807. The summed E-state index contributed by atoms with van der Waals surface area (Å²) < 4.78 is 4.88. The molecule has 0 aliphatic heterocycles. The van der Waals surface area contributed by atoms with E-state index in [1.165, 1.54) is 19.2 Å². The third kappa shape index (κ3) is 3.92. The molecule has 0 saturated heterocycles. The number of hydrogen-bond acceptors (Lipinski definition) is 4. The minimum atomic E-state index is -0.292. The summed E-state index contributed by atoms with van der Waals surface area (Å²) in [6, 6.07) is 4.43. The summed E-state index contributed by atoms with van der Waals surface area (Å²) in [5.74, 6) is -0.0432. The number of nitrogens with one attached hydrogen (secondary N) is 1. The molecule has 1 aromatic rings. The van der Waals surface area contributed by atoms with Crippen LogP contribution in [0.2, 0.25) is 0 Å². The Balaban J connectivity index is 2.63. The second-order valence-electron chi connectivity index (χ2n) is 3.36. The molecule has 1 aromatic carbocycles. The smallest absolute Gasteiger partial charge is 0.251 e. The second kappa shape index (κ2) is 6.05. The van der Waals surface area contributed by atoms with E-state index < -0.39 is 0 Å². The second-order valence-corrected chi connectivity index (χ2v) is 3.88. The van der Waals surface area contributed by atoms with Gasteiger partial charge in [-0.25, -0.2) is 0 Å². The van der Waals surface area contributed by atoms with Crippen LogP contribution < -0.4 is 15.8 Å². The van der Waals surface area contributed by atoms with Crippen molar-refractivity contribution in [2.24, 2.45) is 5.73 Å². The van der Waals surface area contributed by atoms with Gasteiger partial charge in [0.25, 0.3) is 5.91 Å². The standard InChI is InChI=1S/C11H14N2O3S/c1-16-9-3-2-7(6-8(9)14)11(15)13-5-4-10(12)17/h2-3,6,14H,4-5H2,1H3,(H2,12,17)(H,13,15). The number of phenols is 1. The van der Waals surface area contributed by atoms with Crippen LogP contribution in [0.15, 0.2) is 18.2 Å². The topological polar surface area (TPSA) is 84.6 Å². The van der Waals surface area contributed by atoms with Crippen molar-refractivity contribution in [2.75, 3.05) is 13.7 Å². The highest BCUT2D eigenvalue weighted by Crippen LogP contribution is 2.25. The van der Waals surface area contributed by atoms with Gasteiger partial charge in [-0.3, -0.25) is 4.79 Å². The molecule has 1 amide bonds. The summed E-state index contributed by atoms with van der Waals surface area (Å²) in [6.07, 6.45) is 0.448. The first-order valence-corrected chi connectivity index (χ1v) is 5.39. The summed E-state index contributed by atoms with van der Waals surface area (Å²) >= 11 is 4.69. The summed E-state index contributed by atoms with van der Waals surface area (Å²) in [7, 11) is 1.44. The molecule has 1 rings (SSSR count). The normalized spacial score (nSPS) is 9.71. The average Bonchev–Trinajstić information content (AvgIpc) is 2.28. The Morgan fingerprint density at radius 1 is 1.59 bits per heavy atom. The van der Waals surface area contributed by atoms with E-state index in [0.717, 1.165) is 0 Å². The molecule has 0 aromatic heterocycles. The third-order valence-corrected chi connectivity index (χ3v) is 2.30. The number of methoxy groups -OCH3 is 1. The Bertz CT molecular complexity index is 435. The fourth-order valence-corrected chi connectivity index (χ4v) is 1.33. The summed E-state index contributed by atoms with van der Waals surface area (Å²) in [5, 5.41) is 12.1. The first-order chi connectivity index (χ1) is 8.04.